The highest BCUT2D eigenvalue weighted by Crippen LogP contribution is 2.33. The highest BCUT2D eigenvalue weighted by molar-refractivity contribution is 7.99. The summed E-state index contributed by atoms with van der Waals surface area (Å²) >= 11 is 3.02. The maximum Gasteiger partial charge on any atom is 0.321 e. The number of thiophene rings is 1. The van der Waals surface area contributed by atoms with Crippen molar-refractivity contribution in [2.24, 2.45) is 0 Å². The largest absolute Gasteiger partial charge is 0.325 e. The van der Waals surface area contributed by atoms with Crippen LogP contribution in [0, 0.1) is 0 Å². The third-order valence-corrected chi connectivity index (χ3v) is 8.31. The Labute approximate surface area is 205 Å². The zero-order valence-corrected chi connectivity index (χ0v) is 20.4. The third kappa shape index (κ3) is 4.97. The van der Waals surface area contributed by atoms with Crippen LogP contribution in [0.15, 0.2) is 29.1 Å². The van der Waals surface area contributed by atoms with Gasteiger partial charge in [0.2, 0.25) is 5.91 Å². The number of fused-ring (bicyclic) bond motifs is 3. The molecule has 0 saturated carbocycles. The number of rotatable bonds is 6. The number of nitrogens with one attached hydrogen (secondary N) is 3. The molecule has 0 unspecified atom stereocenters. The summed E-state index contributed by atoms with van der Waals surface area (Å²) in [5.41, 5.74) is 2.25. The molecule has 34 heavy (non-hydrogen) atoms. The summed E-state index contributed by atoms with van der Waals surface area (Å²) in [7, 11) is 0. The number of urea groups is 1. The number of aromatic amines is 1. The topological polar surface area (TPSA) is 107 Å². The van der Waals surface area contributed by atoms with E-state index < -0.39 is 0 Å². The van der Waals surface area contributed by atoms with E-state index in [9.17, 15) is 14.4 Å². The molecule has 1 aromatic carbocycles. The molecular formula is C24H27N5O3S2. The smallest absolute Gasteiger partial charge is 0.321 e. The fraction of sp³-hybridized carbons (Fsp3) is 0.417. The number of aryl methyl sites for hydroxylation is 2. The first-order valence-corrected chi connectivity index (χ1v) is 13.6. The number of thioether (sulfide) groups is 1. The van der Waals surface area contributed by atoms with E-state index in [4.69, 9.17) is 0 Å². The van der Waals surface area contributed by atoms with Gasteiger partial charge in [-0.3, -0.25) is 9.59 Å². The molecule has 8 nitrogen and oxygen atoms in total. The third-order valence-electron chi connectivity index (χ3n) is 6.18. The Morgan fingerprint density at radius 1 is 1.06 bits per heavy atom. The molecule has 178 valence electrons. The molecule has 3 heterocycles. The van der Waals surface area contributed by atoms with Crippen LogP contribution in [0.3, 0.4) is 0 Å². The number of para-hydroxylation sites is 2. The SMILES string of the molecule is O=C(CSCc1nc2sc3c(c2c(=O)[nH]1)CCCC3)Nc1ccccc1NC(=O)N1CCCC1. The maximum absolute atomic E-state index is 12.7. The van der Waals surface area contributed by atoms with Crippen molar-refractivity contribution in [2.75, 3.05) is 29.5 Å². The van der Waals surface area contributed by atoms with Crippen molar-refractivity contribution < 1.29 is 9.59 Å². The van der Waals surface area contributed by atoms with E-state index in [-0.39, 0.29) is 23.3 Å². The quantitative estimate of drug-likeness (QED) is 0.469. The molecule has 0 bridgehead atoms. The molecule has 1 fully saturated rings. The van der Waals surface area contributed by atoms with Crippen LogP contribution in [-0.2, 0) is 23.4 Å². The standard InChI is InChI=1S/C24H27N5O3S2/c30-20(25-16-8-2-3-9-17(16)26-24(32)29-11-5-6-12-29)14-33-13-19-27-22(31)21-15-7-1-4-10-18(15)34-23(21)28-19/h2-3,8-9H,1,4-7,10-14H2,(H,25,30)(H,26,32)(H,27,28,31). The number of hydrogen-bond donors (Lipinski definition) is 3. The lowest BCUT2D eigenvalue weighted by atomic mass is 9.97. The van der Waals surface area contributed by atoms with Gasteiger partial charge in [-0.1, -0.05) is 12.1 Å². The zero-order valence-electron chi connectivity index (χ0n) is 18.8. The predicted molar refractivity (Wildman–Crippen MR) is 138 cm³/mol. The van der Waals surface area contributed by atoms with Crippen molar-refractivity contribution in [3.05, 3.63) is 50.9 Å². The average molecular weight is 498 g/mol. The van der Waals surface area contributed by atoms with Gasteiger partial charge in [-0.15, -0.1) is 23.1 Å². The summed E-state index contributed by atoms with van der Waals surface area (Å²) in [5.74, 6) is 1.06. The van der Waals surface area contributed by atoms with Gasteiger partial charge in [0.25, 0.3) is 5.56 Å². The lowest BCUT2D eigenvalue weighted by Crippen LogP contribution is -2.32. The highest BCUT2D eigenvalue weighted by Gasteiger charge is 2.21. The van der Waals surface area contributed by atoms with Gasteiger partial charge in [-0.05, 0) is 56.2 Å². The van der Waals surface area contributed by atoms with Crippen LogP contribution in [0.1, 0.15) is 41.9 Å². The summed E-state index contributed by atoms with van der Waals surface area (Å²) < 4.78 is 0. The van der Waals surface area contributed by atoms with E-state index in [1.54, 1.807) is 28.4 Å². The Hall–Kier alpha value is -2.85. The summed E-state index contributed by atoms with van der Waals surface area (Å²) in [6, 6.07) is 7.05. The van der Waals surface area contributed by atoms with E-state index >= 15 is 0 Å². The molecule has 0 radical (unpaired) electrons. The van der Waals surface area contributed by atoms with Crippen LogP contribution in [-0.4, -0.2) is 45.6 Å². The Morgan fingerprint density at radius 3 is 2.59 bits per heavy atom. The minimum atomic E-state index is -0.178. The number of aromatic nitrogens is 2. The van der Waals surface area contributed by atoms with Crippen molar-refractivity contribution >= 4 is 56.6 Å². The number of H-pyrrole nitrogens is 1. The average Bonchev–Trinajstić information content (AvgIpc) is 3.48. The van der Waals surface area contributed by atoms with E-state index in [2.05, 4.69) is 20.6 Å². The van der Waals surface area contributed by atoms with Gasteiger partial charge < -0.3 is 20.5 Å². The first-order valence-electron chi connectivity index (χ1n) is 11.6. The summed E-state index contributed by atoms with van der Waals surface area (Å²) in [5, 5.41) is 6.53. The molecule has 3 N–H and O–H groups in total. The molecule has 3 aromatic rings. The molecule has 3 amide bonds. The highest BCUT2D eigenvalue weighted by atomic mass is 32.2. The number of benzene rings is 1. The molecule has 2 aromatic heterocycles. The molecular weight excluding hydrogens is 470 g/mol. The summed E-state index contributed by atoms with van der Waals surface area (Å²) in [6.07, 6.45) is 6.31. The fourth-order valence-electron chi connectivity index (χ4n) is 4.52. The van der Waals surface area contributed by atoms with Gasteiger partial charge >= 0.3 is 6.03 Å². The number of carbonyl (C=O) groups excluding carboxylic acids is 2. The lowest BCUT2D eigenvalue weighted by Gasteiger charge is -2.18. The summed E-state index contributed by atoms with van der Waals surface area (Å²) in [6.45, 7) is 1.51. The maximum atomic E-state index is 12.7. The molecule has 1 aliphatic heterocycles. The fourth-order valence-corrected chi connectivity index (χ4v) is 6.49. The molecule has 5 rings (SSSR count). The monoisotopic (exact) mass is 497 g/mol. The van der Waals surface area contributed by atoms with E-state index in [1.807, 2.05) is 12.1 Å². The van der Waals surface area contributed by atoms with E-state index in [0.717, 1.165) is 55.4 Å². The van der Waals surface area contributed by atoms with Crippen molar-refractivity contribution in [1.29, 1.82) is 0 Å². The zero-order chi connectivity index (χ0) is 23.5. The van der Waals surface area contributed by atoms with E-state index in [1.165, 1.54) is 28.6 Å². The predicted octanol–water partition coefficient (Wildman–Crippen LogP) is 4.36. The molecule has 1 saturated heterocycles. The van der Waals surface area contributed by atoms with Gasteiger partial charge in [0.05, 0.1) is 28.3 Å². The van der Waals surface area contributed by atoms with Gasteiger partial charge in [0.1, 0.15) is 10.7 Å². The van der Waals surface area contributed by atoms with Crippen molar-refractivity contribution in [3.63, 3.8) is 0 Å². The van der Waals surface area contributed by atoms with Crippen LogP contribution in [0.4, 0.5) is 16.2 Å². The normalized spacial score (nSPS) is 15.4. The Morgan fingerprint density at radius 2 is 1.79 bits per heavy atom. The lowest BCUT2D eigenvalue weighted by molar-refractivity contribution is -0.113. The summed E-state index contributed by atoms with van der Waals surface area (Å²) in [4.78, 5) is 49.1. The molecule has 0 spiro atoms. The number of likely N-dealkylation sites (tertiary alicyclic amines) is 1. The van der Waals surface area contributed by atoms with Crippen molar-refractivity contribution in [3.8, 4) is 0 Å². The molecule has 1 aliphatic carbocycles. The number of hydrogen-bond acceptors (Lipinski definition) is 6. The second kappa shape index (κ2) is 10.2. The Bertz CT molecular complexity index is 1280. The van der Waals surface area contributed by atoms with Gasteiger partial charge in [-0.25, -0.2) is 9.78 Å². The van der Waals surface area contributed by atoms with Crippen molar-refractivity contribution in [2.45, 2.75) is 44.3 Å². The van der Waals surface area contributed by atoms with Gasteiger partial charge in [0.15, 0.2) is 0 Å². The van der Waals surface area contributed by atoms with E-state index in [0.29, 0.717) is 23.0 Å². The van der Waals surface area contributed by atoms with Crippen LogP contribution < -0.4 is 16.2 Å². The Balaban J connectivity index is 1.18. The van der Waals surface area contributed by atoms with Crippen LogP contribution in [0.2, 0.25) is 0 Å². The minimum Gasteiger partial charge on any atom is -0.325 e. The minimum absolute atomic E-state index is 0.0767. The molecule has 0 atom stereocenters. The van der Waals surface area contributed by atoms with Gasteiger partial charge in [0, 0.05) is 18.0 Å². The first kappa shape index (κ1) is 22.9. The van der Waals surface area contributed by atoms with Crippen LogP contribution in [0.5, 0.6) is 0 Å². The number of carbonyl (C=O) groups is 2. The molecule has 10 heteroatoms. The van der Waals surface area contributed by atoms with Gasteiger partial charge in [-0.2, -0.15) is 0 Å². The van der Waals surface area contributed by atoms with Crippen molar-refractivity contribution in [1.82, 2.24) is 14.9 Å². The van der Waals surface area contributed by atoms with Crippen LogP contribution >= 0.6 is 23.1 Å². The first-order chi connectivity index (χ1) is 16.6. The number of anilines is 2. The van der Waals surface area contributed by atoms with Crippen LogP contribution in [0.25, 0.3) is 10.2 Å². The number of nitrogens with zero attached hydrogens (tertiary/aromatic N) is 2. The second-order valence-corrected chi connectivity index (χ2v) is 10.7. The molecule has 2 aliphatic rings. The number of amides is 3. The second-order valence-electron chi connectivity index (χ2n) is 8.61. The Kier molecular flexibility index (Phi) is 6.87.